The number of carbonyl (C=O) groups excluding carboxylic acids is 2. The van der Waals surface area contributed by atoms with Crippen LogP contribution >= 0.6 is 0 Å². The Hall–Kier alpha value is -2.96. The van der Waals surface area contributed by atoms with Crippen molar-refractivity contribution in [2.75, 3.05) is 6.61 Å². The summed E-state index contributed by atoms with van der Waals surface area (Å²) in [6, 6.07) is 21.7. The SMILES string of the molecule is C=C[C@@H](C)[C@@H]1C[C@@H](O[Si](c2ccccc2)(c2ccccc2)C(C)(C)C)C[C@H]([C@@H](CC(C)OC(=O)C(C)(C)C)[C@H](C=C)C(C)C)[C@@H]1COC(=O)C(C)(C)C. The molecule has 5 nitrogen and oxygen atoms in total. The number of rotatable bonds is 15. The number of ether oxygens (including phenoxy) is 2. The first-order chi connectivity index (χ1) is 24.6. The van der Waals surface area contributed by atoms with Gasteiger partial charge in [-0.3, -0.25) is 9.59 Å². The molecule has 1 unspecified atom stereocenters. The summed E-state index contributed by atoms with van der Waals surface area (Å²) in [6.45, 7) is 36.2. The second-order valence-corrected chi connectivity index (χ2v) is 23.5. The van der Waals surface area contributed by atoms with Gasteiger partial charge in [0.05, 0.1) is 23.5 Å². The highest BCUT2D eigenvalue weighted by Gasteiger charge is 2.54. The minimum atomic E-state index is -2.89. The van der Waals surface area contributed by atoms with Crippen molar-refractivity contribution in [1.82, 2.24) is 0 Å². The van der Waals surface area contributed by atoms with Gasteiger partial charge in [0.2, 0.25) is 0 Å². The largest absolute Gasteiger partial charge is 0.465 e. The highest BCUT2D eigenvalue weighted by atomic mass is 28.4. The van der Waals surface area contributed by atoms with Gasteiger partial charge in [0.15, 0.2) is 0 Å². The van der Waals surface area contributed by atoms with Crippen LogP contribution in [-0.2, 0) is 23.5 Å². The molecule has 3 rings (SSSR count). The molecular weight excluding hydrogens is 673 g/mol. The van der Waals surface area contributed by atoms with Gasteiger partial charge in [0.1, 0.15) is 0 Å². The lowest BCUT2D eigenvalue weighted by molar-refractivity contribution is -0.162. The van der Waals surface area contributed by atoms with Crippen molar-refractivity contribution < 1.29 is 23.5 Å². The van der Waals surface area contributed by atoms with Crippen LogP contribution in [0.2, 0.25) is 5.04 Å². The van der Waals surface area contributed by atoms with Gasteiger partial charge in [-0.1, -0.05) is 114 Å². The van der Waals surface area contributed by atoms with Crippen molar-refractivity contribution in [3.8, 4) is 0 Å². The summed E-state index contributed by atoms with van der Waals surface area (Å²) >= 11 is 0. The van der Waals surface area contributed by atoms with E-state index in [2.05, 4.69) is 128 Å². The Bertz CT molecular complexity index is 1440. The molecule has 0 bridgehead atoms. The van der Waals surface area contributed by atoms with E-state index in [1.54, 1.807) is 0 Å². The topological polar surface area (TPSA) is 61.8 Å². The Labute approximate surface area is 324 Å². The van der Waals surface area contributed by atoms with Crippen LogP contribution in [0.5, 0.6) is 0 Å². The molecule has 0 aliphatic heterocycles. The van der Waals surface area contributed by atoms with Crippen LogP contribution in [0.15, 0.2) is 86.0 Å². The van der Waals surface area contributed by atoms with Crippen molar-refractivity contribution in [1.29, 1.82) is 0 Å². The molecule has 1 aliphatic rings. The molecular formula is C47H72O5Si. The predicted octanol–water partition coefficient (Wildman–Crippen LogP) is 10.4. The second-order valence-electron chi connectivity index (χ2n) is 19.2. The highest BCUT2D eigenvalue weighted by molar-refractivity contribution is 6.99. The molecule has 2 aromatic rings. The first-order valence-electron chi connectivity index (χ1n) is 20.0. The van der Waals surface area contributed by atoms with Gasteiger partial charge in [-0.05, 0) is 125 Å². The van der Waals surface area contributed by atoms with Crippen molar-refractivity contribution in [2.45, 2.75) is 127 Å². The molecule has 53 heavy (non-hydrogen) atoms. The monoisotopic (exact) mass is 745 g/mol. The van der Waals surface area contributed by atoms with Crippen molar-refractivity contribution >= 4 is 30.6 Å². The maximum Gasteiger partial charge on any atom is 0.311 e. The molecule has 8 atom stereocenters. The Balaban J connectivity index is 2.27. The maximum absolute atomic E-state index is 13.4. The van der Waals surface area contributed by atoms with Crippen molar-refractivity contribution in [3.63, 3.8) is 0 Å². The molecule has 1 fully saturated rings. The Morgan fingerprint density at radius 3 is 1.66 bits per heavy atom. The molecule has 0 spiro atoms. The van der Waals surface area contributed by atoms with Crippen LogP contribution in [-0.4, -0.2) is 39.1 Å². The summed E-state index contributed by atoms with van der Waals surface area (Å²) in [5, 5.41) is 2.34. The summed E-state index contributed by atoms with van der Waals surface area (Å²) in [5.41, 5.74) is -1.22. The Kier molecular flexibility index (Phi) is 15.2. The van der Waals surface area contributed by atoms with Gasteiger partial charge in [-0.2, -0.15) is 0 Å². The zero-order valence-corrected chi connectivity index (χ0v) is 36.4. The lowest BCUT2D eigenvalue weighted by Gasteiger charge is -2.52. The maximum atomic E-state index is 13.4. The first kappa shape index (κ1) is 44.4. The zero-order valence-electron chi connectivity index (χ0n) is 35.4. The lowest BCUT2D eigenvalue weighted by Crippen LogP contribution is -2.68. The summed E-state index contributed by atoms with van der Waals surface area (Å²) in [6.07, 6.45) is 6.08. The quantitative estimate of drug-likeness (QED) is 0.103. The minimum Gasteiger partial charge on any atom is -0.465 e. The van der Waals surface area contributed by atoms with Gasteiger partial charge >= 0.3 is 11.9 Å². The van der Waals surface area contributed by atoms with E-state index >= 15 is 0 Å². The average Bonchev–Trinajstić information content (AvgIpc) is 3.08. The predicted molar refractivity (Wildman–Crippen MR) is 224 cm³/mol. The van der Waals surface area contributed by atoms with Crippen LogP contribution in [0.3, 0.4) is 0 Å². The molecule has 0 heterocycles. The number of esters is 2. The number of benzene rings is 2. The minimum absolute atomic E-state index is 0.0463. The van der Waals surface area contributed by atoms with Gasteiger partial charge in [-0.25, -0.2) is 0 Å². The summed E-state index contributed by atoms with van der Waals surface area (Å²) in [4.78, 5) is 26.5. The molecule has 0 radical (unpaired) electrons. The van der Waals surface area contributed by atoms with E-state index in [9.17, 15) is 9.59 Å². The van der Waals surface area contributed by atoms with Crippen LogP contribution in [0.4, 0.5) is 0 Å². The zero-order chi connectivity index (χ0) is 39.9. The number of hydrogen-bond acceptors (Lipinski definition) is 5. The van der Waals surface area contributed by atoms with E-state index in [1.807, 2.05) is 48.5 Å². The van der Waals surface area contributed by atoms with E-state index in [1.165, 1.54) is 10.4 Å². The van der Waals surface area contributed by atoms with Crippen LogP contribution in [0, 0.1) is 52.3 Å². The third kappa shape index (κ3) is 10.8. The van der Waals surface area contributed by atoms with Gasteiger partial charge in [-0.15, -0.1) is 13.2 Å². The second kappa shape index (κ2) is 18.1. The smallest absolute Gasteiger partial charge is 0.311 e. The Morgan fingerprint density at radius 2 is 1.25 bits per heavy atom. The van der Waals surface area contributed by atoms with Gasteiger partial charge < -0.3 is 13.9 Å². The van der Waals surface area contributed by atoms with Crippen molar-refractivity contribution in [2.24, 2.45) is 52.3 Å². The number of allylic oxidation sites excluding steroid dienone is 2. The fourth-order valence-corrected chi connectivity index (χ4v) is 13.4. The molecule has 0 N–H and O–H groups in total. The molecule has 0 aromatic heterocycles. The Morgan fingerprint density at radius 1 is 0.755 bits per heavy atom. The molecule has 294 valence electrons. The third-order valence-corrected chi connectivity index (χ3v) is 16.7. The molecule has 2 aromatic carbocycles. The standard InChI is InChI=1S/C47H72O5Si/c1-16-33(5)39-29-35(52-53(47(13,14)15,36-24-20-18-21-25-36)37-26-22-19-23-27-37)30-41(42(39)31-50-43(48)45(7,8)9)40(38(17-2)32(3)4)28-34(6)51-44(49)46(10,11)12/h16-27,32-35,38-42H,1-2,28-31H2,3-15H3/t33-,34?,35-,38-,39+,40+,41-,42-/m1/s1. The first-order valence-corrected chi connectivity index (χ1v) is 21.9. The van der Waals surface area contributed by atoms with Gasteiger partial charge in [0.25, 0.3) is 8.32 Å². The molecule has 0 saturated heterocycles. The van der Waals surface area contributed by atoms with Crippen LogP contribution in [0.25, 0.3) is 0 Å². The third-order valence-electron chi connectivity index (χ3n) is 11.6. The number of hydrogen-bond donors (Lipinski definition) is 0. The molecule has 6 heteroatoms. The fraction of sp³-hybridized carbons (Fsp3) is 0.617. The summed E-state index contributed by atoms with van der Waals surface area (Å²) < 4.78 is 20.3. The highest BCUT2D eigenvalue weighted by Crippen LogP contribution is 2.50. The fourth-order valence-electron chi connectivity index (χ4n) is 8.66. The molecule has 0 amide bonds. The van der Waals surface area contributed by atoms with E-state index in [-0.39, 0.29) is 64.7 Å². The number of carbonyl (C=O) groups is 2. The van der Waals surface area contributed by atoms with E-state index in [0.717, 1.165) is 12.8 Å². The molecule has 1 saturated carbocycles. The van der Waals surface area contributed by atoms with E-state index < -0.39 is 19.1 Å². The van der Waals surface area contributed by atoms with Crippen LogP contribution < -0.4 is 10.4 Å². The van der Waals surface area contributed by atoms with E-state index in [4.69, 9.17) is 13.9 Å². The van der Waals surface area contributed by atoms with Gasteiger partial charge in [0, 0.05) is 6.10 Å². The van der Waals surface area contributed by atoms with Crippen molar-refractivity contribution in [3.05, 3.63) is 86.0 Å². The van der Waals surface area contributed by atoms with Crippen LogP contribution in [0.1, 0.15) is 109 Å². The molecule has 1 aliphatic carbocycles. The lowest BCUT2D eigenvalue weighted by atomic mass is 9.59. The summed E-state index contributed by atoms with van der Waals surface area (Å²) in [7, 11) is -2.89. The van der Waals surface area contributed by atoms with E-state index in [0.29, 0.717) is 18.9 Å². The average molecular weight is 745 g/mol. The summed E-state index contributed by atoms with van der Waals surface area (Å²) in [5.74, 6) is 0.581. The normalized spacial score (nSPS) is 22.3.